The Bertz CT molecular complexity index is 623. The van der Waals surface area contributed by atoms with Crippen molar-refractivity contribution in [2.75, 3.05) is 0 Å². The highest BCUT2D eigenvalue weighted by Gasteiger charge is 2.30. The number of aromatic nitrogens is 3. The third kappa shape index (κ3) is 4.79. The maximum Gasteiger partial charge on any atom is 0.573 e. The lowest BCUT2D eigenvalue weighted by Gasteiger charge is -2.09. The van der Waals surface area contributed by atoms with Crippen molar-refractivity contribution < 1.29 is 27.8 Å². The van der Waals surface area contributed by atoms with E-state index in [9.17, 15) is 18.0 Å². The fourth-order valence-electron chi connectivity index (χ4n) is 1.64. The van der Waals surface area contributed by atoms with E-state index in [-0.39, 0.29) is 18.7 Å². The van der Waals surface area contributed by atoms with Crippen molar-refractivity contribution in [2.45, 2.75) is 19.3 Å². The Morgan fingerprint density at radius 1 is 1.29 bits per heavy atom. The predicted octanol–water partition coefficient (Wildman–Crippen LogP) is 1.85. The predicted molar refractivity (Wildman–Crippen MR) is 63.6 cm³/mol. The molecule has 0 atom stereocenters. The first-order valence-electron chi connectivity index (χ1n) is 5.77. The Kier molecular flexibility index (Phi) is 4.10. The summed E-state index contributed by atoms with van der Waals surface area (Å²) in [4.78, 5) is 10.5. The zero-order valence-corrected chi connectivity index (χ0v) is 10.5. The number of benzene rings is 1. The summed E-state index contributed by atoms with van der Waals surface area (Å²) in [6, 6.07) is 5.30. The molecular formula is C12H10F3N3O3. The number of hydrogen-bond donors (Lipinski definition) is 1. The fraction of sp³-hybridized carbons (Fsp3) is 0.250. The number of nitrogens with zero attached hydrogens (tertiary/aromatic N) is 3. The first kappa shape index (κ1) is 14.8. The van der Waals surface area contributed by atoms with Gasteiger partial charge in [0.2, 0.25) is 0 Å². The van der Waals surface area contributed by atoms with Crippen LogP contribution in [0.4, 0.5) is 13.2 Å². The van der Waals surface area contributed by atoms with E-state index in [4.69, 9.17) is 5.11 Å². The van der Waals surface area contributed by atoms with Crippen molar-refractivity contribution in [3.63, 3.8) is 0 Å². The van der Waals surface area contributed by atoms with Gasteiger partial charge >= 0.3 is 12.3 Å². The third-order valence-electron chi connectivity index (χ3n) is 2.42. The standard InChI is InChI=1S/C12H10F3N3O3/c13-12(14,15)21-10-3-1-8(2-4-10)6-18-7-9(16-17-18)5-11(19)20/h1-4,7H,5-6H2,(H,19,20). The number of hydrogen-bond acceptors (Lipinski definition) is 4. The monoisotopic (exact) mass is 301 g/mol. The first-order valence-corrected chi connectivity index (χ1v) is 5.77. The van der Waals surface area contributed by atoms with E-state index in [2.05, 4.69) is 15.0 Å². The van der Waals surface area contributed by atoms with Crippen molar-refractivity contribution in [1.29, 1.82) is 0 Å². The van der Waals surface area contributed by atoms with Crippen LogP contribution in [0.5, 0.6) is 5.75 Å². The van der Waals surface area contributed by atoms with Crippen molar-refractivity contribution in [3.8, 4) is 5.75 Å². The number of ether oxygens (including phenoxy) is 1. The normalized spacial score (nSPS) is 11.4. The summed E-state index contributed by atoms with van der Waals surface area (Å²) in [6.45, 7) is 0.263. The lowest BCUT2D eigenvalue weighted by atomic mass is 10.2. The number of halogens is 3. The summed E-state index contributed by atoms with van der Waals surface area (Å²) in [5.74, 6) is -1.33. The van der Waals surface area contributed by atoms with E-state index in [1.54, 1.807) is 0 Å². The van der Waals surface area contributed by atoms with Gasteiger partial charge in [-0.25, -0.2) is 4.68 Å². The van der Waals surface area contributed by atoms with Gasteiger partial charge in [-0.1, -0.05) is 17.3 Å². The number of rotatable bonds is 5. The molecule has 0 unspecified atom stereocenters. The van der Waals surface area contributed by atoms with Crippen molar-refractivity contribution in [3.05, 3.63) is 41.7 Å². The largest absolute Gasteiger partial charge is 0.573 e. The number of carboxylic acid groups (broad SMARTS) is 1. The zero-order chi connectivity index (χ0) is 15.5. The summed E-state index contributed by atoms with van der Waals surface area (Å²) >= 11 is 0. The van der Waals surface area contributed by atoms with Crippen molar-refractivity contribution in [1.82, 2.24) is 15.0 Å². The number of aliphatic carboxylic acids is 1. The highest BCUT2D eigenvalue weighted by atomic mass is 19.4. The van der Waals surface area contributed by atoms with Gasteiger partial charge < -0.3 is 9.84 Å². The second-order valence-electron chi connectivity index (χ2n) is 4.17. The zero-order valence-electron chi connectivity index (χ0n) is 10.5. The first-order chi connectivity index (χ1) is 9.82. The van der Waals surface area contributed by atoms with Crippen LogP contribution >= 0.6 is 0 Å². The number of carbonyl (C=O) groups is 1. The van der Waals surface area contributed by atoms with Gasteiger partial charge in [0.05, 0.1) is 18.7 Å². The van der Waals surface area contributed by atoms with E-state index in [0.717, 1.165) is 0 Å². The van der Waals surface area contributed by atoms with Gasteiger partial charge in [-0.05, 0) is 17.7 Å². The van der Waals surface area contributed by atoms with Crippen LogP contribution in [0.15, 0.2) is 30.5 Å². The summed E-state index contributed by atoms with van der Waals surface area (Å²) in [5, 5.41) is 16.0. The molecule has 1 aromatic heterocycles. The van der Waals surface area contributed by atoms with Crippen LogP contribution in [-0.2, 0) is 17.8 Å². The lowest BCUT2D eigenvalue weighted by molar-refractivity contribution is -0.274. The molecule has 112 valence electrons. The highest BCUT2D eigenvalue weighted by Crippen LogP contribution is 2.22. The second kappa shape index (κ2) is 5.81. The van der Waals surface area contributed by atoms with Crippen LogP contribution in [0.25, 0.3) is 0 Å². The fourth-order valence-corrected chi connectivity index (χ4v) is 1.64. The Morgan fingerprint density at radius 3 is 2.52 bits per heavy atom. The average molecular weight is 301 g/mol. The maximum atomic E-state index is 12.0. The third-order valence-corrected chi connectivity index (χ3v) is 2.42. The molecule has 21 heavy (non-hydrogen) atoms. The van der Waals surface area contributed by atoms with E-state index >= 15 is 0 Å². The molecule has 1 N–H and O–H groups in total. The minimum absolute atomic E-state index is 0.238. The highest BCUT2D eigenvalue weighted by molar-refractivity contribution is 5.69. The topological polar surface area (TPSA) is 77.2 Å². The molecule has 0 saturated carbocycles. The smallest absolute Gasteiger partial charge is 0.481 e. The van der Waals surface area contributed by atoms with Gasteiger partial charge in [0, 0.05) is 6.20 Å². The lowest BCUT2D eigenvalue weighted by Crippen LogP contribution is -2.17. The van der Waals surface area contributed by atoms with Crippen molar-refractivity contribution in [2.24, 2.45) is 0 Å². The molecular weight excluding hydrogens is 291 g/mol. The molecule has 0 aliphatic heterocycles. The Balaban J connectivity index is 2.00. The number of carboxylic acids is 1. The quantitative estimate of drug-likeness (QED) is 0.912. The minimum atomic E-state index is -4.72. The van der Waals surface area contributed by atoms with Gasteiger partial charge in [0.1, 0.15) is 5.75 Å². The van der Waals surface area contributed by atoms with E-state index in [0.29, 0.717) is 11.3 Å². The molecule has 0 amide bonds. The van der Waals surface area contributed by atoms with E-state index in [1.165, 1.54) is 35.1 Å². The molecule has 0 spiro atoms. The molecule has 0 radical (unpaired) electrons. The molecule has 0 bridgehead atoms. The van der Waals surface area contributed by atoms with Crippen LogP contribution in [0.1, 0.15) is 11.3 Å². The summed E-state index contributed by atoms with van der Waals surface area (Å²) < 4.78 is 41.2. The van der Waals surface area contributed by atoms with E-state index < -0.39 is 12.3 Å². The molecule has 1 heterocycles. The number of alkyl halides is 3. The maximum absolute atomic E-state index is 12.0. The second-order valence-corrected chi connectivity index (χ2v) is 4.17. The van der Waals surface area contributed by atoms with Gasteiger partial charge in [-0.2, -0.15) is 0 Å². The van der Waals surface area contributed by atoms with Gasteiger partial charge in [-0.15, -0.1) is 18.3 Å². The molecule has 2 rings (SSSR count). The molecule has 0 fully saturated rings. The molecule has 0 aliphatic carbocycles. The Hall–Kier alpha value is -2.58. The van der Waals surface area contributed by atoms with Crippen LogP contribution in [0, 0.1) is 0 Å². The molecule has 0 saturated heterocycles. The minimum Gasteiger partial charge on any atom is -0.481 e. The molecule has 0 aliphatic rings. The van der Waals surface area contributed by atoms with Gasteiger partial charge in [0.15, 0.2) is 0 Å². The Morgan fingerprint density at radius 2 is 1.95 bits per heavy atom. The average Bonchev–Trinajstić information content (AvgIpc) is 2.76. The van der Waals surface area contributed by atoms with Crippen LogP contribution in [-0.4, -0.2) is 32.4 Å². The summed E-state index contributed by atoms with van der Waals surface area (Å²) in [7, 11) is 0. The molecule has 1 aromatic carbocycles. The Labute approximate surface area is 116 Å². The molecule has 6 nitrogen and oxygen atoms in total. The van der Waals surface area contributed by atoms with Crippen LogP contribution < -0.4 is 4.74 Å². The summed E-state index contributed by atoms with van der Waals surface area (Å²) in [6.07, 6.45) is -3.49. The van der Waals surface area contributed by atoms with Crippen LogP contribution in [0.2, 0.25) is 0 Å². The molecule has 9 heteroatoms. The summed E-state index contributed by atoms with van der Waals surface area (Å²) in [5.41, 5.74) is 0.982. The SMILES string of the molecule is O=C(O)Cc1cn(Cc2ccc(OC(F)(F)F)cc2)nn1. The van der Waals surface area contributed by atoms with Gasteiger partial charge in [0.25, 0.3) is 0 Å². The van der Waals surface area contributed by atoms with E-state index in [1.807, 2.05) is 0 Å². The van der Waals surface area contributed by atoms with Gasteiger partial charge in [-0.3, -0.25) is 4.79 Å². The van der Waals surface area contributed by atoms with Crippen molar-refractivity contribution >= 4 is 5.97 Å². The molecule has 2 aromatic rings. The van der Waals surface area contributed by atoms with Crippen LogP contribution in [0.3, 0.4) is 0 Å².